The topological polar surface area (TPSA) is 107 Å². The van der Waals surface area contributed by atoms with Crippen molar-refractivity contribution in [1.82, 2.24) is 10.2 Å². The molecule has 1 unspecified atom stereocenters. The van der Waals surface area contributed by atoms with Crippen molar-refractivity contribution in [2.24, 2.45) is 0 Å². The van der Waals surface area contributed by atoms with E-state index in [0.29, 0.717) is 40.1 Å². The molecule has 3 aromatic rings. The number of benzene rings is 3. The van der Waals surface area contributed by atoms with Crippen LogP contribution in [0.15, 0.2) is 66.7 Å². The van der Waals surface area contributed by atoms with E-state index in [2.05, 4.69) is 5.32 Å². The molecule has 5 rings (SSSR count). The number of halogens is 4. The highest BCUT2D eigenvalue weighted by Crippen LogP contribution is 2.47. The number of aliphatic hydroxyl groups is 1. The number of hydrogen-bond acceptors (Lipinski definition) is 4. The molecule has 3 N–H and O–H groups in total. The van der Waals surface area contributed by atoms with E-state index in [-0.39, 0.29) is 23.9 Å². The number of carboxylic acids is 1. The number of hydrogen-bond donors (Lipinski definition) is 3. The molecule has 2 aliphatic rings. The van der Waals surface area contributed by atoms with E-state index in [4.69, 9.17) is 28.3 Å². The van der Waals surface area contributed by atoms with Gasteiger partial charge >= 0.3 is 11.9 Å². The number of aliphatic carboxylic acids is 1. The molecule has 1 aliphatic carbocycles. The van der Waals surface area contributed by atoms with Gasteiger partial charge in [0.25, 0.3) is 5.91 Å². The summed E-state index contributed by atoms with van der Waals surface area (Å²) >= 11 is 12.9. The first-order valence-electron chi connectivity index (χ1n) is 14.0. The van der Waals surface area contributed by atoms with Crippen LogP contribution in [0.4, 0.5) is 8.78 Å². The molecule has 0 aromatic heterocycles. The Morgan fingerprint density at radius 2 is 1.72 bits per heavy atom. The van der Waals surface area contributed by atoms with Gasteiger partial charge in [0.2, 0.25) is 5.91 Å². The molecule has 4 atom stereocenters. The van der Waals surface area contributed by atoms with E-state index in [9.17, 15) is 28.3 Å². The minimum atomic E-state index is -4.05. The van der Waals surface area contributed by atoms with Gasteiger partial charge in [0, 0.05) is 27.7 Å². The number of nitrogens with zero attached hydrogens (tertiary/aromatic N) is 1. The van der Waals surface area contributed by atoms with Crippen LogP contribution >= 0.6 is 23.2 Å². The molecule has 1 fully saturated rings. The SMILES string of the molecule is O=C(NCCc1cccc(C(F)(F)C(=O)O)c1)[C@@H]1c2ccccc2C(=O)N([C@H]2CCCCC2O)[C@H]1c1ccc(Cl)cc1Cl. The summed E-state index contributed by atoms with van der Waals surface area (Å²) in [6.07, 6.45) is 2.09. The number of fused-ring (bicyclic) bond motifs is 1. The number of nitrogens with one attached hydrogen (secondary N) is 1. The van der Waals surface area contributed by atoms with Gasteiger partial charge in [-0.25, -0.2) is 4.79 Å². The zero-order valence-corrected chi connectivity index (χ0v) is 24.5. The average Bonchev–Trinajstić information content (AvgIpc) is 2.98. The second kappa shape index (κ2) is 12.6. The first kappa shape index (κ1) is 30.9. The van der Waals surface area contributed by atoms with Crippen molar-refractivity contribution in [3.8, 4) is 0 Å². The first-order chi connectivity index (χ1) is 20.5. The molecule has 7 nitrogen and oxygen atoms in total. The van der Waals surface area contributed by atoms with E-state index in [1.807, 2.05) is 0 Å². The summed E-state index contributed by atoms with van der Waals surface area (Å²) in [6, 6.07) is 15.4. The number of rotatable bonds is 8. The lowest BCUT2D eigenvalue weighted by Gasteiger charge is -2.48. The van der Waals surface area contributed by atoms with Crippen molar-refractivity contribution in [1.29, 1.82) is 0 Å². The maximum atomic E-state index is 14.1. The van der Waals surface area contributed by atoms with E-state index in [0.717, 1.165) is 25.0 Å². The highest BCUT2D eigenvalue weighted by atomic mass is 35.5. The van der Waals surface area contributed by atoms with Crippen molar-refractivity contribution < 1.29 is 33.4 Å². The minimum absolute atomic E-state index is 0.0562. The Hall–Kier alpha value is -3.53. The molecule has 1 saturated carbocycles. The molecule has 11 heteroatoms. The average molecular weight is 632 g/mol. The number of carbonyl (C=O) groups is 3. The maximum Gasteiger partial charge on any atom is 0.379 e. The fraction of sp³-hybridized carbons (Fsp3) is 0.344. The van der Waals surface area contributed by atoms with Crippen molar-refractivity contribution in [3.63, 3.8) is 0 Å². The van der Waals surface area contributed by atoms with Gasteiger partial charge in [-0.1, -0.05) is 78.5 Å². The van der Waals surface area contributed by atoms with E-state index < -0.39 is 47.5 Å². The summed E-state index contributed by atoms with van der Waals surface area (Å²) in [6.45, 7) is 0.0562. The third-order valence-electron chi connectivity index (χ3n) is 8.26. The molecule has 1 heterocycles. The highest BCUT2D eigenvalue weighted by molar-refractivity contribution is 6.35. The van der Waals surface area contributed by atoms with Crippen LogP contribution in [0, 0.1) is 0 Å². The second-order valence-electron chi connectivity index (χ2n) is 10.9. The molecule has 3 aromatic carbocycles. The molecule has 43 heavy (non-hydrogen) atoms. The molecular formula is C32H30Cl2F2N2O5. The van der Waals surface area contributed by atoms with E-state index in [1.54, 1.807) is 53.4 Å². The lowest BCUT2D eigenvalue weighted by Crippen LogP contribution is -2.55. The van der Waals surface area contributed by atoms with Gasteiger partial charge < -0.3 is 20.4 Å². The third-order valence-corrected chi connectivity index (χ3v) is 8.82. The highest BCUT2D eigenvalue weighted by Gasteiger charge is 2.49. The first-order valence-corrected chi connectivity index (χ1v) is 14.8. The monoisotopic (exact) mass is 630 g/mol. The van der Waals surface area contributed by atoms with Crippen LogP contribution in [-0.2, 0) is 21.9 Å². The summed E-state index contributed by atoms with van der Waals surface area (Å²) in [5.41, 5.74) is 1.14. The summed E-state index contributed by atoms with van der Waals surface area (Å²) in [5.74, 6) is -7.93. The normalized spacial score (nSPS) is 22.2. The molecule has 226 valence electrons. The van der Waals surface area contributed by atoms with Crippen molar-refractivity contribution >= 4 is 41.0 Å². The number of carbonyl (C=O) groups excluding carboxylic acids is 2. The molecular weight excluding hydrogens is 601 g/mol. The zero-order valence-electron chi connectivity index (χ0n) is 23.0. The molecule has 0 radical (unpaired) electrons. The number of carboxylic acid groups (broad SMARTS) is 1. The minimum Gasteiger partial charge on any atom is -0.477 e. The zero-order chi connectivity index (χ0) is 30.9. The van der Waals surface area contributed by atoms with Crippen LogP contribution in [0.1, 0.15) is 70.3 Å². The lowest BCUT2D eigenvalue weighted by molar-refractivity contribution is -0.166. The number of amides is 2. The Kier molecular flexibility index (Phi) is 9.06. The Balaban J connectivity index is 1.50. The van der Waals surface area contributed by atoms with Gasteiger partial charge in [0.1, 0.15) is 0 Å². The summed E-state index contributed by atoms with van der Waals surface area (Å²) in [7, 11) is 0. The molecule has 0 saturated heterocycles. The van der Waals surface area contributed by atoms with Gasteiger partial charge in [-0.15, -0.1) is 0 Å². The predicted octanol–water partition coefficient (Wildman–Crippen LogP) is 6.11. The number of aliphatic hydroxyl groups excluding tert-OH is 1. The van der Waals surface area contributed by atoms with Crippen LogP contribution in [0.25, 0.3) is 0 Å². The molecule has 1 aliphatic heterocycles. The quantitative estimate of drug-likeness (QED) is 0.278. The third kappa shape index (κ3) is 6.12. The number of alkyl halides is 2. The van der Waals surface area contributed by atoms with Crippen molar-refractivity contribution in [3.05, 3.63) is 105 Å². The van der Waals surface area contributed by atoms with Gasteiger partial charge in [0.15, 0.2) is 0 Å². The van der Waals surface area contributed by atoms with Gasteiger partial charge in [-0.2, -0.15) is 8.78 Å². The van der Waals surface area contributed by atoms with E-state index in [1.165, 1.54) is 6.07 Å². The fourth-order valence-corrected chi connectivity index (χ4v) is 6.69. The van der Waals surface area contributed by atoms with Crippen molar-refractivity contribution in [2.75, 3.05) is 6.54 Å². The second-order valence-corrected chi connectivity index (χ2v) is 11.8. The van der Waals surface area contributed by atoms with Crippen molar-refractivity contribution in [2.45, 2.75) is 62.1 Å². The van der Waals surface area contributed by atoms with Gasteiger partial charge in [-0.3, -0.25) is 9.59 Å². The van der Waals surface area contributed by atoms with Crippen LogP contribution in [0.3, 0.4) is 0 Å². The Labute approximate surface area is 257 Å². The predicted molar refractivity (Wildman–Crippen MR) is 158 cm³/mol. The van der Waals surface area contributed by atoms with Crippen LogP contribution in [0.2, 0.25) is 10.0 Å². The van der Waals surface area contributed by atoms with Gasteiger partial charge in [-0.05, 0) is 60.2 Å². The molecule has 0 bridgehead atoms. The summed E-state index contributed by atoms with van der Waals surface area (Å²) < 4.78 is 28.1. The fourth-order valence-electron chi connectivity index (χ4n) is 6.17. The molecule has 0 spiro atoms. The Bertz CT molecular complexity index is 1550. The van der Waals surface area contributed by atoms with Crippen LogP contribution in [-0.4, -0.2) is 51.6 Å². The maximum absolute atomic E-state index is 14.1. The van der Waals surface area contributed by atoms with Gasteiger partial charge in [0.05, 0.1) is 24.1 Å². The summed E-state index contributed by atoms with van der Waals surface area (Å²) in [5, 5.41) is 23.5. The Morgan fingerprint density at radius 1 is 0.977 bits per heavy atom. The largest absolute Gasteiger partial charge is 0.477 e. The summed E-state index contributed by atoms with van der Waals surface area (Å²) in [4.78, 5) is 40.7. The van der Waals surface area contributed by atoms with Crippen LogP contribution < -0.4 is 5.32 Å². The Morgan fingerprint density at radius 3 is 2.44 bits per heavy atom. The lowest BCUT2D eigenvalue weighted by atomic mass is 9.76. The standard InChI is InChI=1S/C32H30Cl2F2N2O5/c33-20-12-13-23(24(34)17-20)28-27(29(40)37-15-14-18-6-5-7-19(16-18)32(35,36)31(42)43)21-8-1-2-9-22(21)30(41)38(28)25-10-3-4-11-26(25)39/h1-2,5-9,12-13,16-17,25-28,39H,3-4,10-11,14-15H2,(H,37,40)(H,42,43)/t25-,26?,27+,28-/m0/s1. The molecule has 2 amide bonds. The van der Waals surface area contributed by atoms with E-state index >= 15 is 0 Å². The van der Waals surface area contributed by atoms with Crippen LogP contribution in [0.5, 0.6) is 0 Å². The smallest absolute Gasteiger partial charge is 0.379 e.